The van der Waals surface area contributed by atoms with Crippen LogP contribution >= 0.6 is 0 Å². The Balaban J connectivity index is 2.57. The summed E-state index contributed by atoms with van der Waals surface area (Å²) < 4.78 is 28.9. The third-order valence-electron chi connectivity index (χ3n) is 5.99. The van der Waals surface area contributed by atoms with Gasteiger partial charge in [-0.05, 0) is 62.4 Å². The topological polar surface area (TPSA) is 90.0 Å². The van der Waals surface area contributed by atoms with Crippen molar-refractivity contribution in [3.05, 3.63) is 64.7 Å². The fourth-order valence-corrected chi connectivity index (χ4v) is 4.99. The highest BCUT2D eigenvalue weighted by Gasteiger charge is 2.34. The monoisotopic (exact) mass is 502 g/mol. The molecule has 0 aliphatic heterocycles. The summed E-state index contributed by atoms with van der Waals surface area (Å²) in [5.74, 6) is -0.705. The molecule has 0 aromatic heterocycles. The Kier molecular flexibility index (Phi) is 9.85. The zero-order valence-corrected chi connectivity index (χ0v) is 22.6. The third kappa shape index (κ3) is 6.82. The van der Waals surface area contributed by atoms with Gasteiger partial charge in [0, 0.05) is 27.2 Å². The Hall–Kier alpha value is -2.91. The van der Waals surface area contributed by atoms with Crippen LogP contribution in [0.25, 0.3) is 0 Å². The summed E-state index contributed by atoms with van der Waals surface area (Å²) in [5.41, 5.74) is 3.94. The molecule has 0 unspecified atom stereocenters. The SMILES string of the molecule is CCNC(=O)[C@H](CC)N(Cc1ccccc1C)C(=O)CN(c1cc(C)ccc1C)S(=O)(=O)N(C)C. The molecule has 2 rings (SSSR count). The molecule has 9 heteroatoms. The van der Waals surface area contributed by atoms with Crippen molar-refractivity contribution in [1.82, 2.24) is 14.5 Å². The van der Waals surface area contributed by atoms with E-state index in [4.69, 9.17) is 0 Å². The highest BCUT2D eigenvalue weighted by Crippen LogP contribution is 2.26. The Bertz CT molecular complexity index is 1150. The molecule has 0 bridgehead atoms. The molecule has 2 aromatic carbocycles. The van der Waals surface area contributed by atoms with E-state index in [1.807, 2.05) is 71.0 Å². The zero-order valence-electron chi connectivity index (χ0n) is 21.8. The lowest BCUT2D eigenvalue weighted by molar-refractivity contribution is -0.140. The van der Waals surface area contributed by atoms with E-state index in [9.17, 15) is 18.0 Å². The minimum atomic E-state index is -3.99. The number of rotatable bonds is 11. The predicted octanol–water partition coefficient (Wildman–Crippen LogP) is 3.17. The quantitative estimate of drug-likeness (QED) is 0.511. The van der Waals surface area contributed by atoms with Crippen molar-refractivity contribution in [2.75, 3.05) is 31.5 Å². The molecule has 0 heterocycles. The molecule has 0 saturated heterocycles. The minimum Gasteiger partial charge on any atom is -0.355 e. The van der Waals surface area contributed by atoms with Crippen LogP contribution in [0, 0.1) is 20.8 Å². The summed E-state index contributed by atoms with van der Waals surface area (Å²) in [5, 5.41) is 2.81. The van der Waals surface area contributed by atoms with E-state index < -0.39 is 28.7 Å². The number of carbonyl (C=O) groups excluding carboxylic acids is 2. The van der Waals surface area contributed by atoms with Crippen LogP contribution in [0.4, 0.5) is 5.69 Å². The Morgan fingerprint density at radius 3 is 2.20 bits per heavy atom. The molecule has 0 aliphatic rings. The van der Waals surface area contributed by atoms with Crippen LogP contribution in [0.15, 0.2) is 42.5 Å². The van der Waals surface area contributed by atoms with Crippen molar-refractivity contribution in [2.45, 2.75) is 53.6 Å². The van der Waals surface area contributed by atoms with Gasteiger partial charge in [0.2, 0.25) is 11.8 Å². The first-order valence-electron chi connectivity index (χ1n) is 11.8. The number of aryl methyl sites for hydroxylation is 3. The number of nitrogens with zero attached hydrogens (tertiary/aromatic N) is 3. The normalized spacial score (nSPS) is 12.3. The van der Waals surface area contributed by atoms with Gasteiger partial charge in [0.15, 0.2) is 0 Å². The first-order chi connectivity index (χ1) is 16.4. The molecule has 0 radical (unpaired) electrons. The van der Waals surface area contributed by atoms with Gasteiger partial charge in [0.1, 0.15) is 12.6 Å². The number of carbonyl (C=O) groups is 2. The van der Waals surface area contributed by atoms with Crippen molar-refractivity contribution in [2.24, 2.45) is 0 Å². The number of benzene rings is 2. The standard InChI is InChI=1S/C26H38N4O4S/c1-8-23(26(32)27-9-2)29(17-22-13-11-10-12-20(22)4)25(31)18-30(35(33,34)28(6)7)24-16-19(3)14-15-21(24)5/h10-16,23H,8-9,17-18H2,1-7H3,(H,27,32)/t23-/m0/s1. The molecule has 192 valence electrons. The zero-order chi connectivity index (χ0) is 26.3. The van der Waals surface area contributed by atoms with Gasteiger partial charge in [-0.15, -0.1) is 0 Å². The van der Waals surface area contributed by atoms with Gasteiger partial charge in [-0.1, -0.05) is 43.3 Å². The van der Waals surface area contributed by atoms with E-state index >= 15 is 0 Å². The molecular weight excluding hydrogens is 464 g/mol. The first-order valence-corrected chi connectivity index (χ1v) is 13.2. The van der Waals surface area contributed by atoms with Gasteiger partial charge in [0.05, 0.1) is 5.69 Å². The van der Waals surface area contributed by atoms with Gasteiger partial charge in [-0.25, -0.2) is 4.31 Å². The van der Waals surface area contributed by atoms with Crippen molar-refractivity contribution < 1.29 is 18.0 Å². The molecule has 2 aromatic rings. The maximum absolute atomic E-state index is 13.8. The van der Waals surface area contributed by atoms with Gasteiger partial charge >= 0.3 is 10.2 Å². The second kappa shape index (κ2) is 12.2. The van der Waals surface area contributed by atoms with Crippen LogP contribution in [-0.4, -0.2) is 62.7 Å². The molecular formula is C26H38N4O4S. The maximum Gasteiger partial charge on any atom is 0.304 e. The summed E-state index contributed by atoms with van der Waals surface area (Å²) >= 11 is 0. The van der Waals surface area contributed by atoms with Crippen molar-refractivity contribution in [3.63, 3.8) is 0 Å². The van der Waals surface area contributed by atoms with E-state index in [2.05, 4.69) is 5.32 Å². The first kappa shape index (κ1) is 28.3. The summed E-state index contributed by atoms with van der Waals surface area (Å²) in [7, 11) is -1.11. The third-order valence-corrected chi connectivity index (χ3v) is 7.80. The lowest BCUT2D eigenvalue weighted by atomic mass is 10.1. The second-order valence-electron chi connectivity index (χ2n) is 8.85. The van der Waals surface area contributed by atoms with Gasteiger partial charge in [-0.3, -0.25) is 9.59 Å². The van der Waals surface area contributed by atoms with Crippen molar-refractivity contribution >= 4 is 27.7 Å². The van der Waals surface area contributed by atoms with Gasteiger partial charge in [0.25, 0.3) is 0 Å². The molecule has 8 nitrogen and oxygen atoms in total. The molecule has 1 atom stereocenters. The van der Waals surface area contributed by atoms with Gasteiger partial charge in [-0.2, -0.15) is 12.7 Å². The lowest BCUT2D eigenvalue weighted by Crippen LogP contribution is -2.53. The van der Waals surface area contributed by atoms with Crippen LogP contribution in [-0.2, 0) is 26.3 Å². The molecule has 2 amide bonds. The summed E-state index contributed by atoms with van der Waals surface area (Å²) in [6.07, 6.45) is 0.396. The van der Waals surface area contributed by atoms with Crippen molar-refractivity contribution in [3.8, 4) is 0 Å². The van der Waals surface area contributed by atoms with E-state index in [1.165, 1.54) is 19.0 Å². The van der Waals surface area contributed by atoms with Crippen LogP contribution < -0.4 is 9.62 Å². The molecule has 35 heavy (non-hydrogen) atoms. The number of hydrogen-bond donors (Lipinski definition) is 1. The van der Waals surface area contributed by atoms with Gasteiger partial charge < -0.3 is 10.2 Å². The number of anilines is 1. The molecule has 0 aliphatic carbocycles. The number of nitrogens with one attached hydrogen (secondary N) is 1. The highest BCUT2D eigenvalue weighted by molar-refractivity contribution is 7.90. The average molecular weight is 503 g/mol. The largest absolute Gasteiger partial charge is 0.355 e. The summed E-state index contributed by atoms with van der Waals surface area (Å²) in [6.45, 7) is 9.51. The van der Waals surface area contributed by atoms with E-state index in [0.29, 0.717) is 18.7 Å². The summed E-state index contributed by atoms with van der Waals surface area (Å²) in [4.78, 5) is 28.2. The number of amides is 2. The molecule has 1 N–H and O–H groups in total. The fraction of sp³-hybridized carbons (Fsp3) is 0.462. The number of hydrogen-bond acceptors (Lipinski definition) is 4. The van der Waals surface area contributed by atoms with Crippen LogP contribution in [0.1, 0.15) is 42.5 Å². The number of likely N-dealkylation sites (N-methyl/N-ethyl adjacent to an activating group) is 1. The van der Waals surface area contributed by atoms with Crippen LogP contribution in [0.3, 0.4) is 0 Å². The van der Waals surface area contributed by atoms with Crippen LogP contribution in [0.2, 0.25) is 0 Å². The van der Waals surface area contributed by atoms with Crippen LogP contribution in [0.5, 0.6) is 0 Å². The van der Waals surface area contributed by atoms with E-state index in [0.717, 1.165) is 30.9 Å². The van der Waals surface area contributed by atoms with E-state index in [-0.39, 0.29) is 12.5 Å². The minimum absolute atomic E-state index is 0.198. The Morgan fingerprint density at radius 1 is 0.971 bits per heavy atom. The maximum atomic E-state index is 13.8. The Morgan fingerprint density at radius 2 is 1.63 bits per heavy atom. The fourth-order valence-electron chi connectivity index (χ4n) is 3.87. The lowest BCUT2D eigenvalue weighted by Gasteiger charge is -2.34. The Labute approximate surface area is 210 Å². The van der Waals surface area contributed by atoms with Crippen molar-refractivity contribution in [1.29, 1.82) is 0 Å². The molecule has 0 saturated carbocycles. The smallest absolute Gasteiger partial charge is 0.304 e. The molecule has 0 spiro atoms. The average Bonchev–Trinajstić information content (AvgIpc) is 2.80. The highest BCUT2D eigenvalue weighted by atomic mass is 32.2. The second-order valence-corrected chi connectivity index (χ2v) is 10.9. The predicted molar refractivity (Wildman–Crippen MR) is 140 cm³/mol. The van der Waals surface area contributed by atoms with E-state index in [1.54, 1.807) is 6.07 Å². The molecule has 0 fully saturated rings. The summed E-state index contributed by atoms with van der Waals surface area (Å²) in [6, 6.07) is 12.4.